The van der Waals surface area contributed by atoms with Crippen LogP contribution in [0.4, 0.5) is 4.39 Å². The molecular weight excluding hydrogens is 287 g/mol. The van der Waals surface area contributed by atoms with Crippen LogP contribution in [0, 0.1) is 17.4 Å². The van der Waals surface area contributed by atoms with E-state index in [4.69, 9.17) is 17.0 Å². The Morgan fingerprint density at radius 2 is 1.95 bits per heavy atom. The van der Waals surface area contributed by atoms with Gasteiger partial charge in [0.1, 0.15) is 22.0 Å². The Balaban J connectivity index is 2.69. The topological polar surface area (TPSA) is 37.9 Å². The maximum atomic E-state index is 14.3. The normalized spacial score (nSPS) is 11.5. The molecule has 0 unspecified atom stereocenters. The van der Waals surface area contributed by atoms with E-state index in [-0.39, 0.29) is 11.2 Å². The molecule has 0 saturated carbocycles. The highest BCUT2D eigenvalue weighted by molar-refractivity contribution is 7.71. The summed E-state index contributed by atoms with van der Waals surface area (Å²) >= 11 is 5.31. The molecular formula is C16H19FN2OS. The Labute approximate surface area is 129 Å². The Bertz CT molecular complexity index is 732. The number of aromatic amines is 1. The van der Waals surface area contributed by atoms with Gasteiger partial charge in [-0.15, -0.1) is 0 Å². The van der Waals surface area contributed by atoms with Crippen LogP contribution in [0.1, 0.15) is 32.2 Å². The van der Waals surface area contributed by atoms with E-state index in [1.807, 2.05) is 27.7 Å². The van der Waals surface area contributed by atoms with Gasteiger partial charge >= 0.3 is 0 Å². The fourth-order valence-electron chi connectivity index (χ4n) is 1.98. The van der Waals surface area contributed by atoms with Gasteiger partial charge in [-0.25, -0.2) is 9.37 Å². The molecule has 5 heteroatoms. The van der Waals surface area contributed by atoms with Gasteiger partial charge < -0.3 is 9.72 Å². The molecule has 2 rings (SSSR count). The summed E-state index contributed by atoms with van der Waals surface area (Å²) in [6.07, 6.45) is 0. The quantitative estimate of drug-likeness (QED) is 0.827. The zero-order valence-corrected chi connectivity index (χ0v) is 13.7. The first-order valence-corrected chi connectivity index (χ1v) is 7.10. The molecule has 0 aliphatic rings. The van der Waals surface area contributed by atoms with Crippen molar-refractivity contribution >= 4 is 12.2 Å². The van der Waals surface area contributed by atoms with Gasteiger partial charge in [0.2, 0.25) is 0 Å². The van der Waals surface area contributed by atoms with Crippen molar-refractivity contribution in [1.29, 1.82) is 0 Å². The van der Waals surface area contributed by atoms with Gasteiger partial charge in [0.25, 0.3) is 0 Å². The van der Waals surface area contributed by atoms with E-state index >= 15 is 0 Å². The number of benzene rings is 1. The van der Waals surface area contributed by atoms with Crippen molar-refractivity contribution in [3.63, 3.8) is 0 Å². The van der Waals surface area contributed by atoms with Crippen molar-refractivity contribution < 1.29 is 9.13 Å². The Morgan fingerprint density at radius 1 is 1.29 bits per heavy atom. The minimum Gasteiger partial charge on any atom is -0.497 e. The summed E-state index contributed by atoms with van der Waals surface area (Å²) < 4.78 is 19.8. The largest absolute Gasteiger partial charge is 0.497 e. The molecule has 0 aliphatic heterocycles. The molecule has 1 aromatic carbocycles. The summed E-state index contributed by atoms with van der Waals surface area (Å²) in [7, 11) is 1.51. The predicted molar refractivity (Wildman–Crippen MR) is 84.8 cm³/mol. The van der Waals surface area contributed by atoms with Crippen LogP contribution in [0.5, 0.6) is 5.75 Å². The van der Waals surface area contributed by atoms with Crippen molar-refractivity contribution in [3.8, 4) is 17.0 Å². The van der Waals surface area contributed by atoms with E-state index in [2.05, 4.69) is 9.97 Å². The molecule has 1 N–H and O–H groups in total. The molecule has 3 nitrogen and oxygen atoms in total. The number of methoxy groups -OCH3 is 1. The summed E-state index contributed by atoms with van der Waals surface area (Å²) in [6, 6.07) is 4.78. The van der Waals surface area contributed by atoms with Gasteiger partial charge in [0.05, 0.1) is 12.8 Å². The van der Waals surface area contributed by atoms with Gasteiger partial charge in [-0.3, -0.25) is 0 Å². The number of hydrogen-bond acceptors (Lipinski definition) is 3. The second kappa shape index (κ2) is 5.56. The lowest BCUT2D eigenvalue weighted by molar-refractivity contribution is 0.411. The number of ether oxygens (including phenoxy) is 1. The summed E-state index contributed by atoms with van der Waals surface area (Å²) in [4.78, 5) is 7.64. The number of hydrogen-bond donors (Lipinski definition) is 1. The highest BCUT2D eigenvalue weighted by Gasteiger charge is 2.20. The second-order valence-corrected chi connectivity index (χ2v) is 6.37. The molecule has 112 valence electrons. The third-order valence-corrected chi connectivity index (χ3v) is 3.71. The van der Waals surface area contributed by atoms with Gasteiger partial charge in [0.15, 0.2) is 0 Å². The molecule has 0 bridgehead atoms. The van der Waals surface area contributed by atoms with E-state index in [0.29, 0.717) is 21.6 Å². The second-order valence-electron chi connectivity index (χ2n) is 5.99. The molecule has 0 radical (unpaired) electrons. The van der Waals surface area contributed by atoms with Gasteiger partial charge in [-0.1, -0.05) is 33.0 Å². The third kappa shape index (κ3) is 3.13. The van der Waals surface area contributed by atoms with Crippen LogP contribution >= 0.6 is 12.2 Å². The molecule has 0 aliphatic carbocycles. The zero-order chi connectivity index (χ0) is 15.8. The first-order valence-electron chi connectivity index (χ1n) is 6.69. The lowest BCUT2D eigenvalue weighted by Crippen LogP contribution is -2.17. The minimum atomic E-state index is -0.353. The molecule has 1 aromatic heterocycles. The SMILES string of the molecule is COc1ccc(-c2[nH]c(C(C)(C)C)nc(=S)c2C)c(F)c1. The molecule has 0 amide bonds. The van der Waals surface area contributed by atoms with Crippen LogP contribution in [-0.2, 0) is 5.41 Å². The maximum Gasteiger partial charge on any atom is 0.136 e. The first-order chi connectivity index (χ1) is 9.74. The van der Waals surface area contributed by atoms with E-state index in [1.165, 1.54) is 13.2 Å². The maximum absolute atomic E-state index is 14.3. The Morgan fingerprint density at radius 3 is 2.48 bits per heavy atom. The average molecular weight is 306 g/mol. The smallest absolute Gasteiger partial charge is 0.136 e. The number of nitrogens with zero attached hydrogens (tertiary/aromatic N) is 1. The molecule has 0 fully saturated rings. The summed E-state index contributed by atoms with van der Waals surface area (Å²) in [6.45, 7) is 7.94. The van der Waals surface area contributed by atoms with E-state index in [9.17, 15) is 4.39 Å². The summed E-state index contributed by atoms with van der Waals surface area (Å²) in [5.41, 5.74) is 1.70. The van der Waals surface area contributed by atoms with E-state index in [1.54, 1.807) is 12.1 Å². The van der Waals surface area contributed by atoms with Crippen molar-refractivity contribution in [2.45, 2.75) is 33.1 Å². The summed E-state index contributed by atoms with van der Waals surface area (Å²) in [5, 5.41) is 0. The highest BCUT2D eigenvalue weighted by atomic mass is 32.1. The van der Waals surface area contributed by atoms with Gasteiger partial charge in [-0.2, -0.15) is 0 Å². The van der Waals surface area contributed by atoms with Crippen LogP contribution in [0.3, 0.4) is 0 Å². The van der Waals surface area contributed by atoms with Crippen LogP contribution in [0.15, 0.2) is 18.2 Å². The number of halogens is 1. The van der Waals surface area contributed by atoms with E-state index in [0.717, 1.165) is 11.4 Å². The first kappa shape index (κ1) is 15.6. The van der Waals surface area contributed by atoms with Crippen molar-refractivity contribution in [1.82, 2.24) is 9.97 Å². The lowest BCUT2D eigenvalue weighted by Gasteiger charge is -2.20. The number of H-pyrrole nitrogens is 1. The minimum absolute atomic E-state index is 0.195. The number of rotatable bonds is 2. The molecule has 0 spiro atoms. The number of nitrogens with one attached hydrogen (secondary N) is 1. The molecule has 2 aromatic rings. The Kier molecular flexibility index (Phi) is 4.14. The van der Waals surface area contributed by atoms with Crippen LogP contribution < -0.4 is 4.74 Å². The molecule has 1 heterocycles. The summed E-state index contributed by atoms with van der Waals surface area (Å²) in [5.74, 6) is 0.870. The molecule has 21 heavy (non-hydrogen) atoms. The van der Waals surface area contributed by atoms with Crippen molar-refractivity contribution in [2.24, 2.45) is 0 Å². The average Bonchev–Trinajstić information content (AvgIpc) is 2.40. The molecule has 0 atom stereocenters. The van der Waals surface area contributed by atoms with Crippen molar-refractivity contribution in [2.75, 3.05) is 7.11 Å². The van der Waals surface area contributed by atoms with Gasteiger partial charge in [-0.05, 0) is 19.1 Å². The van der Waals surface area contributed by atoms with E-state index < -0.39 is 0 Å². The fraction of sp³-hybridized carbons (Fsp3) is 0.375. The molecule has 0 saturated heterocycles. The van der Waals surface area contributed by atoms with Gasteiger partial charge in [0, 0.05) is 22.6 Å². The third-order valence-electron chi connectivity index (χ3n) is 3.31. The van der Waals surface area contributed by atoms with Crippen LogP contribution in [0.2, 0.25) is 0 Å². The lowest BCUT2D eigenvalue weighted by atomic mass is 9.95. The Hall–Kier alpha value is -1.75. The van der Waals surface area contributed by atoms with Crippen LogP contribution in [0.25, 0.3) is 11.3 Å². The fourth-order valence-corrected chi connectivity index (χ4v) is 2.18. The number of aromatic nitrogens is 2. The standard InChI is InChI=1S/C16H19FN2OS/c1-9-13(11-7-6-10(20-5)8-12(11)17)18-15(16(2,3)4)19-14(9)21/h6-8H,1-5H3,(H,18,19,21). The zero-order valence-electron chi connectivity index (χ0n) is 12.9. The van der Waals surface area contributed by atoms with Crippen LogP contribution in [-0.4, -0.2) is 17.1 Å². The monoisotopic (exact) mass is 306 g/mol. The van der Waals surface area contributed by atoms with Crippen molar-refractivity contribution in [3.05, 3.63) is 40.0 Å². The highest BCUT2D eigenvalue weighted by Crippen LogP contribution is 2.29. The predicted octanol–water partition coefficient (Wildman–Crippen LogP) is 4.56.